The largest absolute Gasteiger partial charge is 0.478 e. The van der Waals surface area contributed by atoms with Crippen molar-refractivity contribution in [3.8, 4) is 0 Å². The number of fused-ring (bicyclic) bond motifs is 3. The fourth-order valence-electron chi connectivity index (χ4n) is 9.00. The van der Waals surface area contributed by atoms with Crippen LogP contribution in [0.1, 0.15) is 96.2 Å². The number of benzene rings is 6. The molecule has 12 rings (SSSR count). The molecule has 1 radical (unpaired) electrons. The SMILES string of the molecule is CC(C)(C)c1cnc2c(n1)N(c1[c-]cc(C(F)(F)F)cc1)[CH-]N2c1ccccc1.CC(C)(C)c1cnc2c(n1)N(c1[c-]cc(C(F)(F)F)cc1)[CH-]N2c1ccccc1.CC(C)(C)c1ncc2c(n1)N(c1[c-]cc(C(F)(F)F)cc1)[CH-]N2c1ccccc1.[Ir]. The predicted octanol–water partition coefficient (Wildman–Crippen LogP) is 18.0. The van der Waals surface area contributed by atoms with E-state index in [0.29, 0.717) is 52.0 Å². The first-order valence-corrected chi connectivity index (χ1v) is 27.3. The zero-order chi connectivity index (χ0) is 62.4. The average molecular weight is 1380 g/mol. The molecule has 0 fully saturated rings. The Bertz CT molecular complexity index is 3440. The summed E-state index contributed by atoms with van der Waals surface area (Å²) in [6.45, 7) is 23.6. The predicted molar refractivity (Wildman–Crippen MR) is 318 cm³/mol. The van der Waals surface area contributed by atoms with Crippen molar-refractivity contribution in [2.75, 3.05) is 29.4 Å². The van der Waals surface area contributed by atoms with Gasteiger partial charge in [-0.2, -0.15) is 94.1 Å². The maximum absolute atomic E-state index is 12.9. The maximum Gasteiger partial charge on any atom is 0.370 e. The summed E-state index contributed by atoms with van der Waals surface area (Å²) in [5.41, 5.74) is 3.42. The summed E-state index contributed by atoms with van der Waals surface area (Å²) in [6, 6.07) is 47.2. The number of rotatable bonds is 6. The summed E-state index contributed by atoms with van der Waals surface area (Å²) in [4.78, 5) is 38.8. The molecule has 6 heterocycles. The first kappa shape index (κ1) is 63.9. The van der Waals surface area contributed by atoms with Gasteiger partial charge in [-0.05, 0) is 36.4 Å². The Balaban J connectivity index is 0.000000156. The zero-order valence-electron chi connectivity index (χ0n) is 48.9. The van der Waals surface area contributed by atoms with E-state index < -0.39 is 35.2 Å². The van der Waals surface area contributed by atoms with E-state index in [1.54, 1.807) is 53.3 Å². The van der Waals surface area contributed by atoms with Crippen LogP contribution in [0.4, 0.5) is 108 Å². The molecule has 0 atom stereocenters. The number of hydrogen-bond donors (Lipinski definition) is 0. The van der Waals surface area contributed by atoms with E-state index in [4.69, 9.17) is 15.0 Å². The van der Waals surface area contributed by atoms with Crippen LogP contribution >= 0.6 is 0 Å². The fourth-order valence-corrected chi connectivity index (χ4v) is 9.00. The summed E-state index contributed by atoms with van der Waals surface area (Å²) >= 11 is 0. The summed E-state index contributed by atoms with van der Waals surface area (Å²) in [6.07, 6.45) is -7.99. The molecule has 0 saturated carbocycles. The smallest absolute Gasteiger partial charge is 0.370 e. The molecule has 0 aliphatic carbocycles. The van der Waals surface area contributed by atoms with Crippen molar-refractivity contribution in [2.24, 2.45) is 0 Å². The van der Waals surface area contributed by atoms with Gasteiger partial charge in [0.15, 0.2) is 0 Å². The van der Waals surface area contributed by atoms with Gasteiger partial charge >= 0.3 is 18.5 Å². The van der Waals surface area contributed by atoms with Gasteiger partial charge in [-0.25, -0.2) is 29.9 Å². The fraction of sp³-hybridized carbons (Fsp3) is 0.227. The standard InChI is InChI=1S/3C22H19F3N4.Ir/c2*1-21(2,3)18-13-26-19-20(27-18)29(14-28(19)16-7-5-4-6-8-16)17-11-9-15(10-12-17)22(23,24)25;1-21(2,3)20-26-13-18-19(27-20)29(14-28(18)16-7-5-4-6-8-16)17-11-9-15(10-12-17)22(23,24)25;/h3*4-11,13-14H,1-3H3;/q3*-2;. The maximum atomic E-state index is 12.9. The van der Waals surface area contributed by atoms with E-state index in [1.807, 2.05) is 168 Å². The minimum Gasteiger partial charge on any atom is -0.478 e. The Hall–Kier alpha value is -8.62. The van der Waals surface area contributed by atoms with Gasteiger partial charge in [0.05, 0.1) is 35.7 Å². The van der Waals surface area contributed by atoms with Gasteiger partial charge in [0.1, 0.15) is 34.9 Å². The molecule has 3 aliphatic rings. The van der Waals surface area contributed by atoms with Crippen molar-refractivity contribution < 1.29 is 59.6 Å². The van der Waals surface area contributed by atoms with Gasteiger partial charge in [0, 0.05) is 53.4 Å². The molecule has 12 nitrogen and oxygen atoms in total. The Morgan fingerprint density at radius 1 is 0.341 bits per heavy atom. The van der Waals surface area contributed by atoms with Crippen LogP contribution in [0.5, 0.6) is 0 Å². The van der Waals surface area contributed by atoms with Gasteiger partial charge in [0.25, 0.3) is 0 Å². The Morgan fingerprint density at radius 2 is 0.670 bits per heavy atom. The summed E-state index contributed by atoms with van der Waals surface area (Å²) in [5.74, 6) is 3.57. The van der Waals surface area contributed by atoms with Crippen LogP contribution in [0.15, 0.2) is 164 Å². The molecule has 88 heavy (non-hydrogen) atoms. The summed E-state index contributed by atoms with van der Waals surface area (Å²) < 4.78 is 116. The third kappa shape index (κ3) is 13.9. The van der Waals surface area contributed by atoms with Gasteiger partial charge in [0.2, 0.25) is 0 Å². The Kier molecular flexibility index (Phi) is 17.8. The zero-order valence-corrected chi connectivity index (χ0v) is 51.3. The van der Waals surface area contributed by atoms with Gasteiger partial charge < -0.3 is 29.4 Å². The minimum absolute atomic E-state index is 0. The van der Waals surface area contributed by atoms with Crippen LogP contribution in [0.3, 0.4) is 0 Å². The van der Waals surface area contributed by atoms with Crippen molar-refractivity contribution in [1.82, 2.24) is 29.9 Å². The molecular weight excluding hydrogens is 1320 g/mol. The molecular formula is C66H57F9IrN12-6. The van der Waals surface area contributed by atoms with E-state index in [1.165, 1.54) is 18.2 Å². The van der Waals surface area contributed by atoms with Crippen molar-refractivity contribution in [3.05, 3.63) is 236 Å². The molecule has 3 aromatic heterocycles. The van der Waals surface area contributed by atoms with E-state index in [0.717, 1.165) is 70.5 Å². The van der Waals surface area contributed by atoms with Crippen LogP contribution in [0, 0.1) is 38.2 Å². The van der Waals surface area contributed by atoms with Crippen LogP contribution in [-0.2, 0) is 54.9 Å². The number of hydrogen-bond acceptors (Lipinski definition) is 12. The number of nitrogens with zero attached hydrogens (tertiary/aromatic N) is 12. The number of alkyl halides is 9. The third-order valence-electron chi connectivity index (χ3n) is 13.8. The first-order valence-electron chi connectivity index (χ1n) is 27.3. The second-order valence-electron chi connectivity index (χ2n) is 23.4. The average Bonchev–Trinajstić information content (AvgIpc) is 1.81. The number of anilines is 12. The molecule has 0 amide bonds. The van der Waals surface area contributed by atoms with Crippen LogP contribution in [0.25, 0.3) is 0 Å². The molecule has 0 unspecified atom stereocenters. The molecule has 0 N–H and O–H groups in total. The molecule has 6 aromatic carbocycles. The van der Waals surface area contributed by atoms with E-state index in [9.17, 15) is 39.5 Å². The monoisotopic (exact) mass is 1380 g/mol. The number of aromatic nitrogens is 6. The molecule has 3 aliphatic heterocycles. The molecule has 0 spiro atoms. The van der Waals surface area contributed by atoms with E-state index in [2.05, 4.69) is 33.2 Å². The number of halogens is 9. The van der Waals surface area contributed by atoms with Crippen molar-refractivity contribution in [1.29, 1.82) is 0 Å². The molecule has 0 saturated heterocycles. The van der Waals surface area contributed by atoms with Gasteiger partial charge in [-0.15, -0.1) is 55.3 Å². The van der Waals surface area contributed by atoms with E-state index in [-0.39, 0.29) is 36.4 Å². The first-order chi connectivity index (χ1) is 40.9. The second-order valence-corrected chi connectivity index (χ2v) is 23.4. The Labute approximate surface area is 518 Å². The number of para-hydroxylation sites is 3. The molecule has 0 bridgehead atoms. The molecule has 22 heteroatoms. The van der Waals surface area contributed by atoms with Crippen LogP contribution in [0.2, 0.25) is 0 Å². The van der Waals surface area contributed by atoms with Crippen LogP contribution in [-0.4, -0.2) is 29.9 Å². The summed E-state index contributed by atoms with van der Waals surface area (Å²) in [5, 5.41) is 0. The quantitative estimate of drug-likeness (QED) is 0.117. The summed E-state index contributed by atoms with van der Waals surface area (Å²) in [7, 11) is 0. The van der Waals surface area contributed by atoms with Crippen LogP contribution < -0.4 is 29.4 Å². The minimum atomic E-state index is -4.41. The third-order valence-corrected chi connectivity index (χ3v) is 13.8. The van der Waals surface area contributed by atoms with Crippen molar-refractivity contribution in [2.45, 2.75) is 97.1 Å². The normalized spacial score (nSPS) is 14.1. The molecule has 9 aromatic rings. The van der Waals surface area contributed by atoms with E-state index >= 15 is 0 Å². The topological polar surface area (TPSA) is 96.8 Å². The molecule has 459 valence electrons. The van der Waals surface area contributed by atoms with Crippen molar-refractivity contribution >= 4 is 68.9 Å². The Morgan fingerprint density at radius 3 is 0.977 bits per heavy atom. The van der Waals surface area contributed by atoms with Crippen molar-refractivity contribution in [3.63, 3.8) is 0 Å². The van der Waals surface area contributed by atoms with Gasteiger partial charge in [-0.3, -0.25) is 0 Å². The second kappa shape index (κ2) is 24.5. The van der Waals surface area contributed by atoms with Gasteiger partial charge in [-0.1, -0.05) is 134 Å².